The highest BCUT2D eigenvalue weighted by molar-refractivity contribution is 6.30. The maximum absolute atomic E-state index is 13.0. The van der Waals surface area contributed by atoms with Gasteiger partial charge in [-0.25, -0.2) is 0 Å². The highest BCUT2D eigenvalue weighted by Gasteiger charge is 2.33. The number of allylic oxidation sites excluding steroid dienone is 2. The molecule has 3 aliphatic heterocycles. The molecule has 7 heteroatoms. The fourth-order valence-corrected chi connectivity index (χ4v) is 5.46. The van der Waals surface area contributed by atoms with Crippen molar-refractivity contribution < 1.29 is 4.79 Å². The van der Waals surface area contributed by atoms with Crippen LogP contribution in [0.2, 0.25) is 10.0 Å². The number of hydrogen-bond acceptors (Lipinski definition) is 4. The van der Waals surface area contributed by atoms with E-state index in [1.807, 2.05) is 23.1 Å². The van der Waals surface area contributed by atoms with Gasteiger partial charge in [0.25, 0.3) is 5.91 Å². The summed E-state index contributed by atoms with van der Waals surface area (Å²) < 4.78 is 0. The van der Waals surface area contributed by atoms with Gasteiger partial charge in [0.1, 0.15) is 6.17 Å². The van der Waals surface area contributed by atoms with Crippen LogP contribution in [0.4, 0.5) is 0 Å². The first-order valence-corrected chi connectivity index (χ1v) is 13.6. The van der Waals surface area contributed by atoms with Gasteiger partial charge in [0, 0.05) is 54.5 Å². The van der Waals surface area contributed by atoms with E-state index >= 15 is 0 Å². The van der Waals surface area contributed by atoms with Crippen LogP contribution in [0, 0.1) is 0 Å². The van der Waals surface area contributed by atoms with Crippen LogP contribution in [0.3, 0.4) is 0 Å². The minimum Gasteiger partial charge on any atom is -0.360 e. The minimum absolute atomic E-state index is 0.0518. The molecule has 1 unspecified atom stereocenters. The fraction of sp³-hybridized carbons (Fsp3) is 0.194. The third-order valence-corrected chi connectivity index (χ3v) is 7.80. The van der Waals surface area contributed by atoms with E-state index in [4.69, 9.17) is 23.2 Å². The van der Waals surface area contributed by atoms with Crippen molar-refractivity contribution in [2.75, 3.05) is 32.7 Å². The number of amides is 1. The van der Waals surface area contributed by atoms with Crippen LogP contribution in [0.15, 0.2) is 103 Å². The zero-order chi connectivity index (χ0) is 26.1. The lowest BCUT2D eigenvalue weighted by molar-refractivity contribution is 0.0642. The van der Waals surface area contributed by atoms with Crippen LogP contribution in [0.5, 0.6) is 0 Å². The summed E-state index contributed by atoms with van der Waals surface area (Å²) in [5.41, 5.74) is 6.48. The molecule has 3 aromatic rings. The Balaban J connectivity index is 1.23. The molecule has 1 N–H and O–H groups in total. The van der Waals surface area contributed by atoms with E-state index in [2.05, 4.69) is 69.9 Å². The Kier molecular flexibility index (Phi) is 6.98. The average molecular weight is 543 g/mol. The number of nitrogens with one attached hydrogen (secondary N) is 1. The number of benzene rings is 3. The second-order valence-corrected chi connectivity index (χ2v) is 10.6. The number of piperazine rings is 1. The Bertz CT molecular complexity index is 1410. The van der Waals surface area contributed by atoms with Gasteiger partial charge in [0.05, 0.1) is 11.4 Å². The molecule has 0 radical (unpaired) electrons. The van der Waals surface area contributed by atoms with Crippen LogP contribution in [0.25, 0.3) is 11.3 Å². The summed E-state index contributed by atoms with van der Waals surface area (Å²) in [5, 5.41) is 5.08. The van der Waals surface area contributed by atoms with Gasteiger partial charge in [0.2, 0.25) is 0 Å². The Morgan fingerprint density at radius 1 is 0.816 bits per heavy atom. The van der Waals surface area contributed by atoms with E-state index < -0.39 is 0 Å². The van der Waals surface area contributed by atoms with Gasteiger partial charge in [-0.1, -0.05) is 71.7 Å². The lowest BCUT2D eigenvalue weighted by Gasteiger charge is -2.36. The molecular weight excluding hydrogens is 515 g/mol. The van der Waals surface area contributed by atoms with Gasteiger partial charge in [-0.3, -0.25) is 9.69 Å². The molecule has 38 heavy (non-hydrogen) atoms. The molecule has 5 nitrogen and oxygen atoms in total. The zero-order valence-corrected chi connectivity index (χ0v) is 22.4. The summed E-state index contributed by atoms with van der Waals surface area (Å²) in [6.45, 7) is 3.76. The van der Waals surface area contributed by atoms with E-state index in [0.29, 0.717) is 23.7 Å². The second-order valence-electron chi connectivity index (χ2n) is 9.71. The summed E-state index contributed by atoms with van der Waals surface area (Å²) in [4.78, 5) is 19.7. The van der Waals surface area contributed by atoms with Crippen molar-refractivity contribution in [2.45, 2.75) is 6.17 Å². The molecule has 1 saturated heterocycles. The molecule has 6 rings (SSSR count). The lowest BCUT2D eigenvalue weighted by atomic mass is 10.0. The van der Waals surface area contributed by atoms with E-state index in [1.54, 1.807) is 24.3 Å². The molecule has 3 heterocycles. The van der Waals surface area contributed by atoms with Crippen molar-refractivity contribution in [3.63, 3.8) is 0 Å². The van der Waals surface area contributed by atoms with E-state index in [-0.39, 0.29) is 12.1 Å². The number of nitrogens with zero attached hydrogens (tertiary/aromatic N) is 3. The molecule has 1 atom stereocenters. The number of fused-ring (bicyclic) bond motifs is 1. The number of carbonyl (C=O) groups is 1. The summed E-state index contributed by atoms with van der Waals surface area (Å²) in [6.07, 6.45) is 6.70. The lowest BCUT2D eigenvalue weighted by Crippen LogP contribution is -2.49. The molecule has 0 bridgehead atoms. The van der Waals surface area contributed by atoms with Gasteiger partial charge >= 0.3 is 0 Å². The minimum atomic E-state index is 0.0518. The largest absolute Gasteiger partial charge is 0.360 e. The summed E-state index contributed by atoms with van der Waals surface area (Å²) in [7, 11) is 0. The average Bonchev–Trinajstić information content (AvgIpc) is 3.32. The summed E-state index contributed by atoms with van der Waals surface area (Å²) in [6, 6.07) is 25.6. The smallest absolute Gasteiger partial charge is 0.253 e. The van der Waals surface area contributed by atoms with Crippen LogP contribution < -0.4 is 5.32 Å². The maximum atomic E-state index is 13.0. The molecule has 1 fully saturated rings. The van der Waals surface area contributed by atoms with Crippen molar-refractivity contribution >= 4 is 40.4 Å². The molecule has 0 spiro atoms. The first kappa shape index (κ1) is 24.8. The Morgan fingerprint density at radius 3 is 2.16 bits per heavy atom. The van der Waals surface area contributed by atoms with Gasteiger partial charge in [0.15, 0.2) is 0 Å². The van der Waals surface area contributed by atoms with Crippen molar-refractivity contribution in [3.8, 4) is 0 Å². The Hall–Kier alpha value is -3.51. The third kappa shape index (κ3) is 5.10. The maximum Gasteiger partial charge on any atom is 0.253 e. The first-order chi connectivity index (χ1) is 18.5. The molecule has 0 saturated carbocycles. The van der Waals surface area contributed by atoms with E-state index in [0.717, 1.165) is 35.9 Å². The quantitative estimate of drug-likeness (QED) is 0.431. The number of rotatable bonds is 5. The summed E-state index contributed by atoms with van der Waals surface area (Å²) in [5.74, 6) is 0.0570. The topological polar surface area (TPSA) is 38.8 Å². The summed E-state index contributed by atoms with van der Waals surface area (Å²) >= 11 is 12.2. The normalized spacial score (nSPS) is 19.3. The standard InChI is InChI=1S/C31H28Cl2N4O/c32-26-11-6-23(7-12-26)30-28(37-20-25(10-15-29(37)34-30)22-4-2-1-3-5-22)21-35-16-18-36(19-17-35)31(38)24-8-13-27(33)14-9-24/h1-15,20,29,34H,16-19,21H2. The van der Waals surface area contributed by atoms with Gasteiger partial charge in [-0.05, 0) is 59.2 Å². The molecule has 3 aliphatic rings. The van der Waals surface area contributed by atoms with Crippen LogP contribution in [-0.2, 0) is 0 Å². The predicted molar refractivity (Wildman–Crippen MR) is 154 cm³/mol. The number of carbonyl (C=O) groups excluding carboxylic acids is 1. The molecule has 1 amide bonds. The predicted octanol–water partition coefficient (Wildman–Crippen LogP) is 5.96. The van der Waals surface area contributed by atoms with Crippen molar-refractivity contribution in [1.29, 1.82) is 0 Å². The molecule has 3 aromatic carbocycles. The van der Waals surface area contributed by atoms with Crippen molar-refractivity contribution in [3.05, 3.63) is 130 Å². The fourth-order valence-electron chi connectivity index (χ4n) is 5.21. The Labute approximate surface area is 233 Å². The van der Waals surface area contributed by atoms with Gasteiger partial charge < -0.3 is 15.1 Å². The third-order valence-electron chi connectivity index (χ3n) is 7.29. The van der Waals surface area contributed by atoms with Crippen molar-refractivity contribution in [2.24, 2.45) is 0 Å². The van der Waals surface area contributed by atoms with E-state index in [1.165, 1.54) is 16.8 Å². The monoisotopic (exact) mass is 542 g/mol. The first-order valence-electron chi connectivity index (χ1n) is 12.8. The molecule has 0 aliphatic carbocycles. The van der Waals surface area contributed by atoms with Crippen molar-refractivity contribution in [1.82, 2.24) is 20.0 Å². The van der Waals surface area contributed by atoms with Crippen LogP contribution in [0.1, 0.15) is 21.5 Å². The van der Waals surface area contributed by atoms with Crippen LogP contribution >= 0.6 is 23.2 Å². The highest BCUT2D eigenvalue weighted by Crippen LogP contribution is 2.34. The van der Waals surface area contributed by atoms with Crippen LogP contribution in [-0.4, -0.2) is 59.5 Å². The Morgan fingerprint density at radius 2 is 1.47 bits per heavy atom. The highest BCUT2D eigenvalue weighted by atomic mass is 35.5. The molecule has 0 aromatic heterocycles. The number of halogens is 2. The second kappa shape index (κ2) is 10.7. The van der Waals surface area contributed by atoms with Gasteiger partial charge in [-0.15, -0.1) is 0 Å². The molecular formula is C31H28Cl2N4O. The SMILES string of the molecule is O=C(c1ccc(Cl)cc1)N1CCN(CC2=C(c3ccc(Cl)cc3)NC3C=CC(c4ccccc4)=CN23)CC1. The van der Waals surface area contributed by atoms with E-state index in [9.17, 15) is 4.79 Å². The number of hydrogen-bond donors (Lipinski definition) is 1. The molecule has 192 valence electrons. The van der Waals surface area contributed by atoms with Gasteiger partial charge in [-0.2, -0.15) is 0 Å². The zero-order valence-electron chi connectivity index (χ0n) is 20.9.